The van der Waals surface area contributed by atoms with Crippen LogP contribution in [0.15, 0.2) is 73.3 Å². The maximum atomic E-state index is 11.7. The first-order valence-corrected chi connectivity index (χ1v) is 13.5. The maximum absolute atomic E-state index is 11.7. The van der Waals surface area contributed by atoms with E-state index in [4.69, 9.17) is 11.6 Å². The van der Waals surface area contributed by atoms with Gasteiger partial charge >= 0.3 is 0 Å². The minimum Gasteiger partial charge on any atom is -0.507 e. The Kier molecular flexibility index (Phi) is 8.09. The van der Waals surface area contributed by atoms with E-state index < -0.39 is 0 Å². The molecule has 0 saturated carbocycles. The Morgan fingerprint density at radius 2 is 1.68 bits per heavy atom. The van der Waals surface area contributed by atoms with E-state index in [0.29, 0.717) is 22.7 Å². The fourth-order valence-electron chi connectivity index (χ4n) is 4.93. The minimum atomic E-state index is 0.171. The summed E-state index contributed by atoms with van der Waals surface area (Å²) in [5, 5.41) is 22.5. The molecule has 0 radical (unpaired) electrons. The Morgan fingerprint density at radius 3 is 2.33 bits per heavy atom. The Balaban J connectivity index is 1.58. The number of anilines is 2. The molecule has 0 spiro atoms. The number of H-pyrrole nitrogens is 1. The SMILES string of the molecule is Cc1cc(-c2cc(-c3cn[nH]c3)cc(N3CCNCC3)c2)c(O)c(-c2ccc(N(C=O)/C=C\N(C)C)c(Cl)c2)c1. The number of aromatic hydroxyl groups is 1. The average Bonchev–Trinajstić information content (AvgIpc) is 3.50. The molecular formula is C31H33ClN6O2. The van der Waals surface area contributed by atoms with E-state index in [1.807, 2.05) is 56.5 Å². The summed E-state index contributed by atoms with van der Waals surface area (Å²) in [5.41, 5.74) is 7.74. The van der Waals surface area contributed by atoms with E-state index in [-0.39, 0.29) is 5.75 Å². The smallest absolute Gasteiger partial charge is 0.218 e. The Morgan fingerprint density at radius 1 is 0.950 bits per heavy atom. The lowest BCUT2D eigenvalue weighted by Crippen LogP contribution is -2.43. The molecule has 8 nitrogen and oxygen atoms in total. The van der Waals surface area contributed by atoms with Gasteiger partial charge < -0.3 is 20.2 Å². The van der Waals surface area contributed by atoms with Gasteiger partial charge in [-0.05, 0) is 71.6 Å². The fourth-order valence-corrected chi connectivity index (χ4v) is 5.21. The van der Waals surface area contributed by atoms with Gasteiger partial charge in [0.1, 0.15) is 5.75 Å². The number of nitrogens with zero attached hydrogens (tertiary/aromatic N) is 4. The van der Waals surface area contributed by atoms with E-state index >= 15 is 0 Å². The fraction of sp³-hybridized carbons (Fsp3) is 0.226. The Labute approximate surface area is 239 Å². The average molecular weight is 557 g/mol. The van der Waals surface area contributed by atoms with E-state index in [2.05, 4.69) is 38.6 Å². The summed E-state index contributed by atoms with van der Waals surface area (Å²) in [6, 6.07) is 15.8. The van der Waals surface area contributed by atoms with Crippen molar-refractivity contribution in [2.75, 3.05) is 50.1 Å². The molecule has 3 aromatic carbocycles. The monoisotopic (exact) mass is 556 g/mol. The third kappa shape index (κ3) is 5.83. The van der Waals surface area contributed by atoms with Crippen LogP contribution in [0.3, 0.4) is 0 Å². The molecule has 3 N–H and O–H groups in total. The summed E-state index contributed by atoms with van der Waals surface area (Å²) in [4.78, 5) is 17.3. The molecule has 5 rings (SSSR count). The number of benzene rings is 3. The normalized spacial score (nSPS) is 13.6. The van der Waals surface area contributed by atoms with Gasteiger partial charge in [0, 0.05) is 81.2 Å². The number of carbonyl (C=O) groups excluding carboxylic acids is 1. The standard InChI is InChI=1S/C31H33ClN6O2/c1-21-12-27(22-4-5-30(29(32)17-22)38(20-39)11-10-36(2)3)31(40)28(13-21)24-14-23(25-18-34-35-19-25)15-26(16-24)37-8-6-33-7-9-37/h4-5,10-20,33,40H,6-9H2,1-3H3,(H,34,35)/b11-10-. The van der Waals surface area contributed by atoms with Gasteiger partial charge in [-0.1, -0.05) is 17.7 Å². The summed E-state index contributed by atoms with van der Waals surface area (Å²) in [5.74, 6) is 0.171. The van der Waals surface area contributed by atoms with Gasteiger partial charge in [-0.2, -0.15) is 5.10 Å². The highest BCUT2D eigenvalue weighted by atomic mass is 35.5. The molecule has 0 atom stereocenters. The maximum Gasteiger partial charge on any atom is 0.218 e. The number of piperazine rings is 1. The van der Waals surface area contributed by atoms with Gasteiger partial charge in [0.25, 0.3) is 0 Å². The van der Waals surface area contributed by atoms with Crippen LogP contribution in [0.2, 0.25) is 5.02 Å². The number of hydrogen-bond donors (Lipinski definition) is 3. The summed E-state index contributed by atoms with van der Waals surface area (Å²) >= 11 is 6.65. The van der Waals surface area contributed by atoms with Gasteiger partial charge in [0.15, 0.2) is 0 Å². The molecule has 2 heterocycles. The minimum absolute atomic E-state index is 0.171. The van der Waals surface area contributed by atoms with Crippen molar-refractivity contribution < 1.29 is 9.90 Å². The molecule has 9 heteroatoms. The summed E-state index contributed by atoms with van der Waals surface area (Å²) in [6.45, 7) is 5.68. The third-order valence-corrected chi connectivity index (χ3v) is 7.28. The van der Waals surface area contributed by atoms with Crippen LogP contribution in [0.5, 0.6) is 5.75 Å². The molecule has 4 aromatic rings. The molecule has 1 aliphatic rings. The number of amides is 1. The van der Waals surface area contributed by atoms with Gasteiger partial charge in [-0.15, -0.1) is 0 Å². The Hall–Kier alpha value is -4.27. The van der Waals surface area contributed by atoms with Crippen LogP contribution in [0.4, 0.5) is 11.4 Å². The van der Waals surface area contributed by atoms with Gasteiger partial charge in [0.2, 0.25) is 6.41 Å². The van der Waals surface area contributed by atoms with Crippen LogP contribution >= 0.6 is 11.6 Å². The first-order chi connectivity index (χ1) is 19.3. The largest absolute Gasteiger partial charge is 0.507 e. The lowest BCUT2D eigenvalue weighted by molar-refractivity contribution is -0.106. The number of aromatic nitrogens is 2. The van der Waals surface area contributed by atoms with Crippen molar-refractivity contribution in [1.29, 1.82) is 0 Å². The van der Waals surface area contributed by atoms with E-state index in [0.717, 1.165) is 65.2 Å². The molecule has 0 bridgehead atoms. The number of aryl methyl sites for hydroxylation is 1. The van der Waals surface area contributed by atoms with Crippen LogP contribution in [-0.4, -0.2) is 66.9 Å². The molecule has 0 unspecified atom stereocenters. The molecular weight excluding hydrogens is 524 g/mol. The second kappa shape index (κ2) is 11.9. The van der Waals surface area contributed by atoms with Crippen LogP contribution in [0.1, 0.15) is 5.56 Å². The number of carbonyl (C=O) groups is 1. The third-order valence-electron chi connectivity index (χ3n) is 6.97. The number of phenolic OH excluding ortho intramolecular Hbond substituents is 1. The number of rotatable bonds is 8. The first kappa shape index (κ1) is 27.3. The van der Waals surface area contributed by atoms with E-state index in [9.17, 15) is 9.90 Å². The van der Waals surface area contributed by atoms with Crippen LogP contribution in [0, 0.1) is 6.92 Å². The topological polar surface area (TPSA) is 87.7 Å². The summed E-state index contributed by atoms with van der Waals surface area (Å²) in [6.07, 6.45) is 7.82. The zero-order valence-electron chi connectivity index (χ0n) is 22.9. The van der Waals surface area contributed by atoms with Crippen LogP contribution < -0.4 is 15.1 Å². The number of nitrogens with one attached hydrogen (secondary N) is 2. The zero-order valence-corrected chi connectivity index (χ0v) is 23.6. The summed E-state index contributed by atoms with van der Waals surface area (Å²) in [7, 11) is 3.75. The van der Waals surface area contributed by atoms with E-state index in [1.165, 1.54) is 4.90 Å². The molecule has 206 valence electrons. The van der Waals surface area contributed by atoms with Crippen molar-refractivity contribution in [3.8, 4) is 39.1 Å². The van der Waals surface area contributed by atoms with Crippen molar-refractivity contribution in [2.45, 2.75) is 6.92 Å². The predicted molar refractivity (Wildman–Crippen MR) is 163 cm³/mol. The molecule has 1 amide bonds. The van der Waals surface area contributed by atoms with E-state index in [1.54, 1.807) is 24.5 Å². The van der Waals surface area contributed by atoms with Crippen molar-refractivity contribution in [1.82, 2.24) is 20.4 Å². The van der Waals surface area contributed by atoms with Crippen LogP contribution in [-0.2, 0) is 4.79 Å². The van der Waals surface area contributed by atoms with Gasteiger partial charge in [-0.25, -0.2) is 0 Å². The molecule has 1 fully saturated rings. The highest BCUT2D eigenvalue weighted by Crippen LogP contribution is 2.43. The lowest BCUT2D eigenvalue weighted by atomic mass is 9.92. The van der Waals surface area contributed by atoms with Crippen molar-refractivity contribution in [3.05, 3.63) is 83.9 Å². The molecule has 1 saturated heterocycles. The molecule has 0 aliphatic carbocycles. The lowest BCUT2D eigenvalue weighted by Gasteiger charge is -2.30. The highest BCUT2D eigenvalue weighted by molar-refractivity contribution is 6.34. The van der Waals surface area contributed by atoms with Gasteiger partial charge in [0.05, 0.1) is 16.9 Å². The number of phenols is 1. The molecule has 40 heavy (non-hydrogen) atoms. The zero-order chi connectivity index (χ0) is 28.2. The molecule has 1 aromatic heterocycles. The Bertz CT molecular complexity index is 1530. The van der Waals surface area contributed by atoms with Crippen molar-refractivity contribution >= 4 is 29.4 Å². The number of hydrogen-bond acceptors (Lipinski definition) is 6. The second-order valence-electron chi connectivity index (χ2n) is 10.1. The predicted octanol–water partition coefficient (Wildman–Crippen LogP) is 5.48. The van der Waals surface area contributed by atoms with Gasteiger partial charge in [-0.3, -0.25) is 14.8 Å². The number of halogens is 1. The highest BCUT2D eigenvalue weighted by Gasteiger charge is 2.19. The second-order valence-corrected chi connectivity index (χ2v) is 10.5. The summed E-state index contributed by atoms with van der Waals surface area (Å²) < 4.78 is 0. The first-order valence-electron chi connectivity index (χ1n) is 13.2. The van der Waals surface area contributed by atoms with Crippen molar-refractivity contribution in [3.63, 3.8) is 0 Å². The number of aromatic amines is 1. The molecule has 1 aliphatic heterocycles. The quantitative estimate of drug-likeness (QED) is 0.249. The van der Waals surface area contributed by atoms with Crippen LogP contribution in [0.25, 0.3) is 33.4 Å². The van der Waals surface area contributed by atoms with Crippen molar-refractivity contribution in [2.24, 2.45) is 0 Å².